The highest BCUT2D eigenvalue weighted by molar-refractivity contribution is 9.10. The molecule has 6 heteroatoms. The first-order chi connectivity index (χ1) is 9.47. The van der Waals surface area contributed by atoms with E-state index in [1.807, 2.05) is 18.7 Å². The molecule has 1 aliphatic heterocycles. The van der Waals surface area contributed by atoms with Gasteiger partial charge >= 0.3 is 0 Å². The van der Waals surface area contributed by atoms with Gasteiger partial charge in [-0.2, -0.15) is 0 Å². The van der Waals surface area contributed by atoms with Gasteiger partial charge in [0.15, 0.2) is 0 Å². The van der Waals surface area contributed by atoms with Crippen LogP contribution in [0.25, 0.3) is 0 Å². The van der Waals surface area contributed by atoms with Crippen LogP contribution in [0.1, 0.15) is 33.1 Å². The number of amides is 2. The Labute approximate surface area is 129 Å². The predicted molar refractivity (Wildman–Crippen MR) is 81.6 cm³/mol. The molecule has 0 saturated carbocycles. The number of piperidine rings is 1. The maximum Gasteiger partial charge on any atom is 0.236 e. The highest BCUT2D eigenvalue weighted by atomic mass is 79.9. The van der Waals surface area contributed by atoms with E-state index in [1.165, 1.54) is 0 Å². The molecule has 0 radical (unpaired) electrons. The summed E-state index contributed by atoms with van der Waals surface area (Å²) in [6.07, 6.45) is 2.02. The van der Waals surface area contributed by atoms with Crippen molar-refractivity contribution >= 4 is 27.7 Å². The van der Waals surface area contributed by atoms with Crippen LogP contribution >= 0.6 is 15.9 Å². The molecule has 1 heterocycles. The first-order valence-corrected chi connectivity index (χ1v) is 8.20. The Kier molecular flexibility index (Phi) is 7.51. The molecular weight excluding hydrogens is 324 g/mol. The lowest BCUT2D eigenvalue weighted by atomic mass is 9.95. The second-order valence-electron chi connectivity index (χ2n) is 5.61. The van der Waals surface area contributed by atoms with Crippen molar-refractivity contribution in [2.75, 3.05) is 26.2 Å². The summed E-state index contributed by atoms with van der Waals surface area (Å²) in [5.41, 5.74) is 0. The van der Waals surface area contributed by atoms with E-state index in [9.17, 15) is 9.59 Å². The fourth-order valence-electron chi connectivity index (χ4n) is 2.26. The van der Waals surface area contributed by atoms with E-state index in [-0.39, 0.29) is 35.1 Å². The zero-order chi connectivity index (χ0) is 15.1. The highest BCUT2D eigenvalue weighted by Crippen LogP contribution is 2.21. The zero-order valence-electron chi connectivity index (χ0n) is 12.3. The van der Waals surface area contributed by atoms with Gasteiger partial charge in [-0.3, -0.25) is 9.59 Å². The molecule has 116 valence electrons. The van der Waals surface area contributed by atoms with Crippen molar-refractivity contribution in [1.29, 1.82) is 0 Å². The molecule has 0 spiro atoms. The minimum atomic E-state index is -0.141. The maximum absolute atomic E-state index is 12.2. The summed E-state index contributed by atoms with van der Waals surface area (Å²) < 4.78 is 0. The third-order valence-electron chi connectivity index (χ3n) is 3.63. The maximum atomic E-state index is 12.2. The van der Waals surface area contributed by atoms with Gasteiger partial charge in [-0.15, -0.1) is 0 Å². The lowest BCUT2D eigenvalue weighted by molar-refractivity contribution is -0.135. The summed E-state index contributed by atoms with van der Waals surface area (Å²) in [4.78, 5) is 25.8. The average Bonchev–Trinajstić information content (AvgIpc) is 2.46. The number of halogens is 1. The number of aliphatic hydroxyl groups excluding tert-OH is 1. The van der Waals surface area contributed by atoms with Crippen molar-refractivity contribution in [3.8, 4) is 0 Å². The molecule has 2 N–H and O–H groups in total. The Hall–Kier alpha value is -0.620. The molecule has 1 fully saturated rings. The number of nitrogens with one attached hydrogen (secondary N) is 1. The van der Waals surface area contributed by atoms with E-state index >= 15 is 0 Å². The summed E-state index contributed by atoms with van der Waals surface area (Å²) in [6.45, 7) is 5.93. The minimum Gasteiger partial charge on any atom is -0.396 e. The second kappa shape index (κ2) is 8.62. The molecule has 0 aromatic heterocycles. The Balaban J connectivity index is 2.36. The predicted octanol–water partition coefficient (Wildman–Crippen LogP) is 1.14. The van der Waals surface area contributed by atoms with E-state index in [0.717, 1.165) is 0 Å². The van der Waals surface area contributed by atoms with Crippen molar-refractivity contribution in [2.24, 2.45) is 11.8 Å². The molecule has 1 saturated heterocycles. The summed E-state index contributed by atoms with van der Waals surface area (Å²) in [5, 5.41) is 11.5. The lowest BCUT2D eigenvalue weighted by Gasteiger charge is -2.33. The topological polar surface area (TPSA) is 69.6 Å². The van der Waals surface area contributed by atoms with Crippen molar-refractivity contribution in [1.82, 2.24) is 10.2 Å². The second-order valence-corrected chi connectivity index (χ2v) is 6.60. The van der Waals surface area contributed by atoms with Crippen molar-refractivity contribution in [3.63, 3.8) is 0 Å². The number of likely N-dealkylation sites (tertiary alicyclic amines) is 1. The van der Waals surface area contributed by atoms with Crippen LogP contribution in [0.5, 0.6) is 0 Å². The Morgan fingerprint density at radius 3 is 2.45 bits per heavy atom. The van der Waals surface area contributed by atoms with Gasteiger partial charge in [-0.25, -0.2) is 0 Å². The SMILES string of the molecule is CC(C)C(Br)C(=O)N1CCC(C(=O)NCCCO)CC1. The van der Waals surface area contributed by atoms with E-state index in [4.69, 9.17) is 5.11 Å². The van der Waals surface area contributed by atoms with Crippen LogP contribution in [0, 0.1) is 11.8 Å². The molecule has 0 aromatic carbocycles. The third-order valence-corrected chi connectivity index (χ3v) is 5.08. The van der Waals surface area contributed by atoms with Gasteiger partial charge in [0.2, 0.25) is 11.8 Å². The molecule has 1 unspecified atom stereocenters. The summed E-state index contributed by atoms with van der Waals surface area (Å²) in [6, 6.07) is 0. The largest absolute Gasteiger partial charge is 0.396 e. The van der Waals surface area contributed by atoms with Gasteiger partial charge in [0.25, 0.3) is 0 Å². The number of hydrogen-bond donors (Lipinski definition) is 2. The molecule has 2 amide bonds. The summed E-state index contributed by atoms with van der Waals surface area (Å²) in [5.74, 6) is 0.427. The van der Waals surface area contributed by atoms with Crippen LogP contribution < -0.4 is 5.32 Å². The van der Waals surface area contributed by atoms with E-state index in [0.29, 0.717) is 38.9 Å². The van der Waals surface area contributed by atoms with Crippen LogP contribution in [-0.4, -0.2) is 52.9 Å². The quantitative estimate of drug-likeness (QED) is 0.558. The molecular formula is C14H25BrN2O3. The number of alkyl halides is 1. The van der Waals surface area contributed by atoms with Crippen molar-refractivity contribution in [3.05, 3.63) is 0 Å². The van der Waals surface area contributed by atoms with Gasteiger partial charge in [-0.1, -0.05) is 29.8 Å². The van der Waals surface area contributed by atoms with Crippen LogP contribution in [0.4, 0.5) is 0 Å². The van der Waals surface area contributed by atoms with Gasteiger partial charge in [0.05, 0.1) is 4.83 Å². The standard InChI is InChI=1S/C14H25BrN2O3/c1-10(2)12(15)14(20)17-7-4-11(5-8-17)13(19)16-6-3-9-18/h10-12,18H,3-9H2,1-2H3,(H,16,19). The minimum absolute atomic E-state index is 0.00873. The Morgan fingerprint density at radius 1 is 1.35 bits per heavy atom. The average molecular weight is 349 g/mol. The fraction of sp³-hybridized carbons (Fsp3) is 0.857. The van der Waals surface area contributed by atoms with Crippen molar-refractivity contribution < 1.29 is 14.7 Å². The fourth-order valence-corrected chi connectivity index (χ4v) is 2.55. The van der Waals surface area contributed by atoms with Gasteiger partial charge < -0.3 is 15.3 Å². The molecule has 5 nitrogen and oxygen atoms in total. The first kappa shape index (κ1) is 17.4. The van der Waals surface area contributed by atoms with Gasteiger partial charge in [0.1, 0.15) is 0 Å². The van der Waals surface area contributed by atoms with Crippen LogP contribution in [0.2, 0.25) is 0 Å². The normalized spacial score (nSPS) is 18.1. The van der Waals surface area contributed by atoms with Gasteiger partial charge in [-0.05, 0) is 25.2 Å². The Bertz CT molecular complexity index is 328. The van der Waals surface area contributed by atoms with Crippen LogP contribution in [-0.2, 0) is 9.59 Å². The van der Waals surface area contributed by atoms with E-state index in [1.54, 1.807) is 0 Å². The zero-order valence-corrected chi connectivity index (χ0v) is 13.9. The number of nitrogens with zero attached hydrogens (tertiary/aromatic N) is 1. The Morgan fingerprint density at radius 2 is 1.95 bits per heavy atom. The third kappa shape index (κ3) is 5.05. The van der Waals surface area contributed by atoms with E-state index < -0.39 is 0 Å². The smallest absolute Gasteiger partial charge is 0.236 e. The van der Waals surface area contributed by atoms with Crippen molar-refractivity contribution in [2.45, 2.75) is 37.9 Å². The first-order valence-electron chi connectivity index (χ1n) is 7.28. The van der Waals surface area contributed by atoms with Crippen LogP contribution in [0.15, 0.2) is 0 Å². The molecule has 0 aliphatic carbocycles. The number of aliphatic hydroxyl groups is 1. The summed E-state index contributed by atoms with van der Waals surface area (Å²) in [7, 11) is 0. The van der Waals surface area contributed by atoms with Gasteiger partial charge in [0, 0.05) is 32.2 Å². The molecule has 20 heavy (non-hydrogen) atoms. The van der Waals surface area contributed by atoms with Crippen LogP contribution in [0.3, 0.4) is 0 Å². The molecule has 1 aliphatic rings. The molecule has 1 rings (SSSR count). The summed E-state index contributed by atoms with van der Waals surface area (Å²) >= 11 is 3.44. The monoisotopic (exact) mass is 348 g/mol. The lowest BCUT2D eigenvalue weighted by Crippen LogP contribution is -2.46. The number of rotatable bonds is 6. The number of carbonyl (C=O) groups is 2. The number of hydrogen-bond acceptors (Lipinski definition) is 3. The number of carbonyl (C=O) groups excluding carboxylic acids is 2. The molecule has 0 aromatic rings. The van der Waals surface area contributed by atoms with E-state index in [2.05, 4.69) is 21.2 Å². The highest BCUT2D eigenvalue weighted by Gasteiger charge is 2.30. The molecule has 0 bridgehead atoms. The molecule has 1 atom stereocenters.